The highest BCUT2D eigenvalue weighted by Gasteiger charge is 1.98. The van der Waals surface area contributed by atoms with Crippen LogP contribution in [0.1, 0.15) is 5.56 Å². The summed E-state index contributed by atoms with van der Waals surface area (Å²) in [5.41, 5.74) is 1.44. The Labute approximate surface area is 80.2 Å². The number of hydrogen-bond acceptors (Lipinski definition) is 1. The van der Waals surface area contributed by atoms with Gasteiger partial charge in [0.25, 0.3) is 5.56 Å². The molecule has 13 heavy (non-hydrogen) atoms. The fraction of sp³-hybridized carbons (Fsp3) is 0.100. The van der Waals surface area contributed by atoms with Crippen LogP contribution in [-0.4, -0.2) is 4.98 Å². The lowest BCUT2D eigenvalue weighted by atomic mass is 10.2. The Morgan fingerprint density at radius 3 is 2.85 bits per heavy atom. The van der Waals surface area contributed by atoms with Crippen LogP contribution in [0.25, 0.3) is 10.9 Å². The monoisotopic (exact) mass is 193 g/mol. The number of H-pyrrole nitrogens is 1. The van der Waals surface area contributed by atoms with E-state index in [1.807, 2.05) is 18.2 Å². The molecule has 2 nitrogen and oxygen atoms in total. The zero-order valence-electron chi connectivity index (χ0n) is 7.10. The summed E-state index contributed by atoms with van der Waals surface area (Å²) in [6.07, 6.45) is 0. The molecule has 0 bridgehead atoms. The van der Waals surface area contributed by atoms with E-state index in [4.69, 9.17) is 11.6 Å². The van der Waals surface area contributed by atoms with Crippen molar-refractivity contribution in [3.05, 3.63) is 45.2 Å². The summed E-state index contributed by atoms with van der Waals surface area (Å²) in [5.74, 6) is 0. The fourth-order valence-electron chi connectivity index (χ4n) is 1.28. The molecule has 0 saturated carbocycles. The van der Waals surface area contributed by atoms with Crippen LogP contribution in [0.5, 0.6) is 0 Å². The van der Waals surface area contributed by atoms with Gasteiger partial charge in [-0.3, -0.25) is 4.79 Å². The Morgan fingerprint density at radius 1 is 1.31 bits per heavy atom. The minimum absolute atomic E-state index is 0.0604. The van der Waals surface area contributed by atoms with E-state index in [0.717, 1.165) is 16.5 Å². The number of aromatic nitrogens is 1. The van der Waals surface area contributed by atoms with Crippen molar-refractivity contribution in [1.29, 1.82) is 0 Å². The molecule has 66 valence electrons. The van der Waals surface area contributed by atoms with Crippen LogP contribution in [0, 0.1) is 6.92 Å². The minimum atomic E-state index is -0.0604. The van der Waals surface area contributed by atoms with Crippen LogP contribution in [-0.2, 0) is 0 Å². The van der Waals surface area contributed by atoms with Gasteiger partial charge in [0.05, 0.1) is 0 Å². The minimum Gasteiger partial charge on any atom is -0.322 e. The van der Waals surface area contributed by atoms with Crippen LogP contribution < -0.4 is 5.56 Å². The van der Waals surface area contributed by atoms with Crippen molar-refractivity contribution in [1.82, 2.24) is 4.98 Å². The molecule has 0 amide bonds. The topological polar surface area (TPSA) is 32.9 Å². The van der Waals surface area contributed by atoms with Crippen molar-refractivity contribution in [3.8, 4) is 0 Å². The molecule has 0 aliphatic heterocycles. The lowest BCUT2D eigenvalue weighted by Crippen LogP contribution is -2.08. The molecule has 0 saturated heterocycles. The second-order valence-corrected chi connectivity index (χ2v) is 3.45. The van der Waals surface area contributed by atoms with Crippen molar-refractivity contribution in [2.45, 2.75) is 6.92 Å². The molecular weight excluding hydrogens is 186 g/mol. The van der Waals surface area contributed by atoms with Crippen molar-refractivity contribution in [2.24, 2.45) is 0 Å². The van der Waals surface area contributed by atoms with Gasteiger partial charge in [-0.1, -0.05) is 17.7 Å². The normalized spacial score (nSPS) is 10.6. The number of nitrogens with one attached hydrogen (secondary N) is 1. The predicted octanol–water partition coefficient (Wildman–Crippen LogP) is 2.49. The van der Waals surface area contributed by atoms with Crippen LogP contribution in [0.4, 0.5) is 0 Å². The van der Waals surface area contributed by atoms with Gasteiger partial charge in [0.1, 0.15) is 0 Å². The lowest BCUT2D eigenvalue weighted by molar-refractivity contribution is 1.24. The first-order valence-electron chi connectivity index (χ1n) is 3.96. The number of rotatable bonds is 0. The predicted molar refractivity (Wildman–Crippen MR) is 54.3 cm³/mol. The maximum atomic E-state index is 11.2. The molecule has 0 fully saturated rings. The van der Waals surface area contributed by atoms with E-state index in [1.165, 1.54) is 0 Å². The maximum absolute atomic E-state index is 11.2. The average Bonchev–Trinajstić information content (AvgIpc) is 2.08. The van der Waals surface area contributed by atoms with Gasteiger partial charge in [-0.15, -0.1) is 0 Å². The molecule has 1 aromatic heterocycles. The number of hydrogen-bond donors (Lipinski definition) is 1. The molecule has 0 atom stereocenters. The molecule has 0 aliphatic carbocycles. The third-order valence-corrected chi connectivity index (χ3v) is 2.23. The van der Waals surface area contributed by atoms with Crippen LogP contribution in [0.15, 0.2) is 29.1 Å². The van der Waals surface area contributed by atoms with Gasteiger partial charge in [-0.25, -0.2) is 0 Å². The Morgan fingerprint density at radius 2 is 2.08 bits per heavy atom. The van der Waals surface area contributed by atoms with E-state index >= 15 is 0 Å². The quantitative estimate of drug-likeness (QED) is 0.685. The average molecular weight is 194 g/mol. The van der Waals surface area contributed by atoms with E-state index in [0.29, 0.717) is 5.02 Å². The first-order valence-corrected chi connectivity index (χ1v) is 4.34. The summed E-state index contributed by atoms with van der Waals surface area (Å²) < 4.78 is 0. The maximum Gasteiger partial charge on any atom is 0.251 e. The molecule has 0 unspecified atom stereocenters. The Hall–Kier alpha value is -1.28. The number of fused-ring (bicyclic) bond motifs is 1. The molecule has 2 rings (SSSR count). The molecule has 2 aromatic rings. The molecule has 0 radical (unpaired) electrons. The molecule has 1 N–H and O–H groups in total. The smallest absolute Gasteiger partial charge is 0.251 e. The summed E-state index contributed by atoms with van der Waals surface area (Å²) in [6, 6.07) is 7.30. The van der Waals surface area contributed by atoms with Gasteiger partial charge >= 0.3 is 0 Å². The number of aryl methyl sites for hydroxylation is 1. The van der Waals surface area contributed by atoms with Gasteiger partial charge in [0.2, 0.25) is 0 Å². The third kappa shape index (κ3) is 1.45. The largest absolute Gasteiger partial charge is 0.322 e. The van der Waals surface area contributed by atoms with Crippen molar-refractivity contribution in [2.75, 3.05) is 0 Å². The van der Waals surface area contributed by atoms with Gasteiger partial charge in [-0.05, 0) is 30.5 Å². The summed E-state index contributed by atoms with van der Waals surface area (Å²) in [5, 5.41) is 1.63. The highest BCUT2D eigenvalue weighted by atomic mass is 35.5. The summed E-state index contributed by atoms with van der Waals surface area (Å²) in [4.78, 5) is 14.0. The van der Waals surface area contributed by atoms with Gasteiger partial charge in [0.15, 0.2) is 0 Å². The molecule has 0 aliphatic rings. The van der Waals surface area contributed by atoms with E-state index in [1.54, 1.807) is 13.0 Å². The van der Waals surface area contributed by atoms with E-state index in [9.17, 15) is 4.79 Å². The number of aromatic amines is 1. The summed E-state index contributed by atoms with van der Waals surface area (Å²) >= 11 is 5.79. The number of pyridine rings is 1. The van der Waals surface area contributed by atoms with Crippen LogP contribution >= 0.6 is 11.6 Å². The third-order valence-electron chi connectivity index (χ3n) is 1.99. The molecular formula is C10H8ClNO. The zero-order valence-corrected chi connectivity index (χ0v) is 7.85. The summed E-state index contributed by atoms with van der Waals surface area (Å²) in [7, 11) is 0. The van der Waals surface area contributed by atoms with Crippen molar-refractivity contribution < 1.29 is 0 Å². The highest BCUT2D eigenvalue weighted by molar-refractivity contribution is 6.31. The first kappa shape index (κ1) is 8.32. The van der Waals surface area contributed by atoms with E-state index in [2.05, 4.69) is 4.98 Å². The van der Waals surface area contributed by atoms with Crippen molar-refractivity contribution in [3.63, 3.8) is 0 Å². The lowest BCUT2D eigenvalue weighted by Gasteiger charge is -1.99. The van der Waals surface area contributed by atoms with Crippen LogP contribution in [0.2, 0.25) is 5.02 Å². The Bertz CT molecular complexity index is 516. The highest BCUT2D eigenvalue weighted by Crippen LogP contribution is 2.16. The number of benzene rings is 1. The molecule has 1 aromatic carbocycles. The van der Waals surface area contributed by atoms with Gasteiger partial charge < -0.3 is 4.98 Å². The molecule has 3 heteroatoms. The van der Waals surface area contributed by atoms with Gasteiger partial charge in [0, 0.05) is 16.1 Å². The number of halogens is 1. The summed E-state index contributed by atoms with van der Waals surface area (Å²) in [6.45, 7) is 1.78. The molecule has 0 spiro atoms. The zero-order chi connectivity index (χ0) is 9.42. The second kappa shape index (κ2) is 2.89. The second-order valence-electron chi connectivity index (χ2n) is 3.01. The molecule has 1 heterocycles. The van der Waals surface area contributed by atoms with E-state index < -0.39 is 0 Å². The SMILES string of the molecule is Cc1cc2ccc(Cl)cc2[nH]c1=O. The Kier molecular flexibility index (Phi) is 1.85. The first-order chi connectivity index (χ1) is 6.16. The fourth-order valence-corrected chi connectivity index (χ4v) is 1.45. The van der Waals surface area contributed by atoms with E-state index in [-0.39, 0.29) is 5.56 Å². The van der Waals surface area contributed by atoms with Crippen molar-refractivity contribution >= 4 is 22.5 Å². The van der Waals surface area contributed by atoms with Gasteiger partial charge in [-0.2, -0.15) is 0 Å². The standard InChI is InChI=1S/C10H8ClNO/c1-6-4-7-2-3-8(11)5-9(7)12-10(6)13/h2-5H,1H3,(H,12,13). The Balaban J connectivity index is 2.89. The van der Waals surface area contributed by atoms with Crippen LogP contribution in [0.3, 0.4) is 0 Å².